The Labute approximate surface area is 141 Å². The van der Waals surface area contributed by atoms with Crippen molar-refractivity contribution in [1.29, 1.82) is 0 Å². The molecule has 0 bridgehead atoms. The van der Waals surface area contributed by atoms with E-state index in [-0.39, 0.29) is 11.9 Å². The highest BCUT2D eigenvalue weighted by Gasteiger charge is 2.34. The molecule has 24 heavy (non-hydrogen) atoms. The Morgan fingerprint density at radius 3 is 2.96 bits per heavy atom. The molecule has 6 nitrogen and oxygen atoms in total. The van der Waals surface area contributed by atoms with Crippen LogP contribution in [0.3, 0.4) is 0 Å². The van der Waals surface area contributed by atoms with Crippen molar-refractivity contribution in [3.05, 3.63) is 54.1 Å². The minimum Gasteiger partial charge on any atom is -0.319 e. The van der Waals surface area contributed by atoms with Crippen molar-refractivity contribution in [3.63, 3.8) is 0 Å². The van der Waals surface area contributed by atoms with E-state index in [1.54, 1.807) is 6.33 Å². The molecular weight excluding hydrogens is 304 g/mol. The lowest BCUT2D eigenvalue weighted by Crippen LogP contribution is -2.45. The van der Waals surface area contributed by atoms with Crippen molar-refractivity contribution in [2.24, 2.45) is 0 Å². The van der Waals surface area contributed by atoms with Crippen molar-refractivity contribution >= 4 is 5.91 Å². The maximum atomic E-state index is 12.8. The maximum Gasteiger partial charge on any atom is 0.270 e. The van der Waals surface area contributed by atoms with Gasteiger partial charge in [0.1, 0.15) is 6.04 Å². The first kappa shape index (κ1) is 15.4. The molecule has 2 aliphatic heterocycles. The molecule has 1 aromatic carbocycles. The number of imidazole rings is 1. The zero-order valence-corrected chi connectivity index (χ0v) is 13.7. The van der Waals surface area contributed by atoms with E-state index in [0.717, 1.165) is 31.6 Å². The Kier molecular flexibility index (Phi) is 4.32. The van der Waals surface area contributed by atoms with Crippen LogP contribution >= 0.6 is 0 Å². The monoisotopic (exact) mass is 326 g/mol. The van der Waals surface area contributed by atoms with Crippen LogP contribution in [0.15, 0.2) is 42.9 Å². The third-order valence-corrected chi connectivity index (χ3v) is 4.74. The summed E-state index contributed by atoms with van der Waals surface area (Å²) in [6.07, 6.45) is 5.52. The van der Waals surface area contributed by atoms with E-state index in [1.165, 1.54) is 10.6 Å². The first-order valence-corrected chi connectivity index (χ1v) is 8.52. The van der Waals surface area contributed by atoms with Crippen LogP contribution in [0.25, 0.3) is 0 Å². The number of hydrogen-bond donors (Lipinski definition) is 0. The van der Waals surface area contributed by atoms with Crippen LogP contribution in [0.1, 0.15) is 23.7 Å². The van der Waals surface area contributed by atoms with E-state index in [9.17, 15) is 4.79 Å². The molecule has 6 heteroatoms. The molecule has 4 rings (SSSR count). The largest absolute Gasteiger partial charge is 0.319 e. The Bertz CT molecular complexity index is 694. The van der Waals surface area contributed by atoms with Crippen LogP contribution in [0.5, 0.6) is 0 Å². The van der Waals surface area contributed by atoms with E-state index in [0.29, 0.717) is 19.7 Å². The van der Waals surface area contributed by atoms with E-state index in [2.05, 4.69) is 34.1 Å². The first-order chi connectivity index (χ1) is 11.8. The number of carbonyl (C=O) groups is 1. The summed E-state index contributed by atoms with van der Waals surface area (Å²) in [5.74, 6) is 0.0381. The third-order valence-electron chi connectivity index (χ3n) is 4.74. The van der Waals surface area contributed by atoms with E-state index in [4.69, 9.17) is 4.84 Å². The average Bonchev–Trinajstić information content (AvgIpc) is 3.31. The Morgan fingerprint density at radius 2 is 2.17 bits per heavy atom. The summed E-state index contributed by atoms with van der Waals surface area (Å²) < 4.78 is 2.00. The summed E-state index contributed by atoms with van der Waals surface area (Å²) in [5, 5.41) is 1.52. The highest BCUT2D eigenvalue weighted by molar-refractivity contribution is 5.80. The molecule has 2 aromatic rings. The summed E-state index contributed by atoms with van der Waals surface area (Å²) >= 11 is 0. The summed E-state index contributed by atoms with van der Waals surface area (Å²) in [5.41, 5.74) is 2.41. The Balaban J connectivity index is 1.47. The minimum absolute atomic E-state index is 0.0381. The Hall–Kier alpha value is -2.18. The van der Waals surface area contributed by atoms with Crippen LogP contribution in [-0.2, 0) is 22.6 Å². The molecule has 1 fully saturated rings. The summed E-state index contributed by atoms with van der Waals surface area (Å²) in [7, 11) is 0. The van der Waals surface area contributed by atoms with Crippen molar-refractivity contribution in [3.8, 4) is 0 Å². The van der Waals surface area contributed by atoms with Crippen LogP contribution in [0.4, 0.5) is 0 Å². The van der Waals surface area contributed by atoms with Gasteiger partial charge in [-0.05, 0) is 18.4 Å². The van der Waals surface area contributed by atoms with Crippen molar-refractivity contribution < 1.29 is 9.63 Å². The second-order valence-electron chi connectivity index (χ2n) is 6.41. The zero-order valence-electron chi connectivity index (χ0n) is 13.7. The predicted molar refractivity (Wildman–Crippen MR) is 89.0 cm³/mol. The first-order valence-electron chi connectivity index (χ1n) is 8.52. The van der Waals surface area contributed by atoms with Crippen molar-refractivity contribution in [2.45, 2.75) is 25.4 Å². The molecule has 0 saturated carbocycles. The predicted octanol–water partition coefficient (Wildman–Crippen LogP) is 1.65. The molecule has 1 aromatic heterocycles. The van der Waals surface area contributed by atoms with E-state index >= 15 is 0 Å². The summed E-state index contributed by atoms with van der Waals surface area (Å²) in [6.45, 7) is 3.78. The molecular formula is C18H22N4O2. The molecule has 126 valence electrons. The second-order valence-corrected chi connectivity index (χ2v) is 6.41. The summed E-state index contributed by atoms with van der Waals surface area (Å²) in [4.78, 5) is 24.8. The molecule has 0 N–H and O–H groups in total. The van der Waals surface area contributed by atoms with Crippen LogP contribution in [0, 0.1) is 0 Å². The number of rotatable bonds is 4. The van der Waals surface area contributed by atoms with E-state index < -0.39 is 0 Å². The lowest BCUT2D eigenvalue weighted by atomic mass is 10.1. The number of nitrogens with zero attached hydrogens (tertiary/aromatic N) is 4. The Morgan fingerprint density at radius 1 is 1.29 bits per heavy atom. The van der Waals surface area contributed by atoms with E-state index in [1.807, 2.05) is 16.8 Å². The lowest BCUT2D eigenvalue weighted by Gasteiger charge is -2.35. The molecule has 1 saturated heterocycles. The minimum atomic E-state index is -0.245. The van der Waals surface area contributed by atoms with Crippen molar-refractivity contribution in [1.82, 2.24) is 19.5 Å². The van der Waals surface area contributed by atoms with Gasteiger partial charge in [-0.3, -0.25) is 14.5 Å². The SMILES string of the molecule is O=C([C@@H]1CN(CCc2ccccc2)Cc2cncn21)N1CCCO1. The standard InChI is InChI=1S/C18H22N4O2/c23-18(22-8-4-10-24-22)17-13-20(12-16-11-19-14-21(16)17)9-7-15-5-2-1-3-6-15/h1-3,5-6,11,14,17H,4,7-10,12-13H2/t17-/m0/s1. The quantitative estimate of drug-likeness (QED) is 0.857. The van der Waals surface area contributed by atoms with Crippen LogP contribution in [0.2, 0.25) is 0 Å². The van der Waals surface area contributed by atoms with Gasteiger partial charge in [-0.1, -0.05) is 30.3 Å². The number of benzene rings is 1. The van der Waals surface area contributed by atoms with Gasteiger partial charge >= 0.3 is 0 Å². The maximum absolute atomic E-state index is 12.8. The van der Waals surface area contributed by atoms with Gasteiger partial charge in [-0.2, -0.15) is 0 Å². The molecule has 1 amide bonds. The summed E-state index contributed by atoms with van der Waals surface area (Å²) in [6, 6.07) is 10.2. The molecule has 2 aliphatic rings. The smallest absolute Gasteiger partial charge is 0.270 e. The fraction of sp³-hybridized carbons (Fsp3) is 0.444. The van der Waals surface area contributed by atoms with Gasteiger partial charge in [0.15, 0.2) is 0 Å². The number of hydroxylamine groups is 2. The van der Waals surface area contributed by atoms with Gasteiger partial charge in [0.25, 0.3) is 5.91 Å². The topological polar surface area (TPSA) is 50.6 Å². The van der Waals surface area contributed by atoms with Gasteiger partial charge < -0.3 is 4.57 Å². The van der Waals surface area contributed by atoms with Crippen LogP contribution < -0.4 is 0 Å². The average molecular weight is 326 g/mol. The fourth-order valence-corrected chi connectivity index (χ4v) is 3.45. The number of fused-ring (bicyclic) bond motifs is 1. The van der Waals surface area contributed by atoms with Gasteiger partial charge in [0, 0.05) is 25.8 Å². The lowest BCUT2D eigenvalue weighted by molar-refractivity contribution is -0.173. The second kappa shape index (κ2) is 6.75. The fourth-order valence-electron chi connectivity index (χ4n) is 3.45. The molecule has 0 aliphatic carbocycles. The van der Waals surface area contributed by atoms with Gasteiger partial charge in [0.05, 0.1) is 25.2 Å². The van der Waals surface area contributed by atoms with Crippen molar-refractivity contribution in [2.75, 3.05) is 26.2 Å². The number of aromatic nitrogens is 2. The van der Waals surface area contributed by atoms with Gasteiger partial charge in [-0.25, -0.2) is 10.0 Å². The van der Waals surface area contributed by atoms with Crippen LogP contribution in [-0.4, -0.2) is 51.7 Å². The molecule has 0 unspecified atom stereocenters. The number of hydrogen-bond acceptors (Lipinski definition) is 4. The molecule has 1 atom stereocenters. The zero-order chi connectivity index (χ0) is 16.4. The molecule has 0 spiro atoms. The number of amides is 1. The number of carbonyl (C=O) groups excluding carboxylic acids is 1. The molecule has 3 heterocycles. The van der Waals surface area contributed by atoms with Gasteiger partial charge in [-0.15, -0.1) is 0 Å². The highest BCUT2D eigenvalue weighted by Crippen LogP contribution is 2.24. The third kappa shape index (κ3) is 3.07. The van der Waals surface area contributed by atoms with Gasteiger partial charge in [0.2, 0.25) is 0 Å². The highest BCUT2D eigenvalue weighted by atomic mass is 16.7. The molecule has 0 radical (unpaired) electrons. The normalized spacial score (nSPS) is 21.0.